The van der Waals surface area contributed by atoms with Gasteiger partial charge in [-0.3, -0.25) is 9.59 Å². The third kappa shape index (κ3) is 5.95. The van der Waals surface area contributed by atoms with Crippen LogP contribution in [-0.2, 0) is 16.0 Å². The molecule has 25 heavy (non-hydrogen) atoms. The molecule has 132 valence electrons. The molecule has 0 spiro atoms. The number of anilines is 1. The Morgan fingerprint density at radius 2 is 1.68 bits per heavy atom. The molecule has 0 radical (unpaired) electrons. The molecule has 0 atom stereocenters. The number of aryl methyl sites for hydroxylation is 2. The van der Waals surface area contributed by atoms with Gasteiger partial charge in [0.15, 0.2) is 0 Å². The van der Waals surface area contributed by atoms with Crippen molar-refractivity contribution in [3.8, 4) is 5.75 Å². The van der Waals surface area contributed by atoms with Crippen LogP contribution >= 0.6 is 0 Å². The predicted molar refractivity (Wildman–Crippen MR) is 98.9 cm³/mol. The summed E-state index contributed by atoms with van der Waals surface area (Å²) in [6, 6.07) is 13.1. The number of ether oxygens (including phenoxy) is 1. The molecule has 2 aromatic carbocycles. The number of hydrogen-bond acceptors (Lipinski definition) is 3. The fraction of sp³-hybridized carbons (Fsp3) is 0.300. The number of carbonyl (C=O) groups excluding carboxylic acids is 2. The van der Waals surface area contributed by atoms with Crippen LogP contribution < -0.4 is 15.4 Å². The van der Waals surface area contributed by atoms with Crippen LogP contribution in [0, 0.1) is 13.8 Å². The van der Waals surface area contributed by atoms with Crippen molar-refractivity contribution >= 4 is 17.5 Å². The van der Waals surface area contributed by atoms with Crippen LogP contribution in [0.1, 0.15) is 23.1 Å². The fourth-order valence-corrected chi connectivity index (χ4v) is 2.27. The predicted octanol–water partition coefficient (Wildman–Crippen LogP) is 3.00. The van der Waals surface area contributed by atoms with Crippen molar-refractivity contribution in [1.82, 2.24) is 5.32 Å². The van der Waals surface area contributed by atoms with Crippen LogP contribution in [0.25, 0.3) is 0 Å². The number of rotatable bonds is 7. The van der Waals surface area contributed by atoms with Crippen LogP contribution in [0.5, 0.6) is 5.75 Å². The van der Waals surface area contributed by atoms with Crippen molar-refractivity contribution in [2.24, 2.45) is 0 Å². The minimum atomic E-state index is -0.108. The van der Waals surface area contributed by atoms with Gasteiger partial charge in [0.25, 0.3) is 0 Å². The van der Waals surface area contributed by atoms with E-state index in [1.165, 1.54) is 11.1 Å². The summed E-state index contributed by atoms with van der Waals surface area (Å²) in [7, 11) is 1.61. The molecule has 0 aliphatic rings. The summed E-state index contributed by atoms with van der Waals surface area (Å²) in [6.07, 6.45) is 0.599. The minimum absolute atomic E-state index is 0.0414. The second-order valence-electron chi connectivity index (χ2n) is 5.94. The Morgan fingerprint density at radius 3 is 2.32 bits per heavy atom. The topological polar surface area (TPSA) is 67.4 Å². The molecule has 0 aromatic heterocycles. The molecule has 0 aliphatic carbocycles. The number of benzene rings is 2. The van der Waals surface area contributed by atoms with E-state index < -0.39 is 0 Å². The van der Waals surface area contributed by atoms with Crippen LogP contribution in [0.2, 0.25) is 0 Å². The third-order valence-electron chi connectivity index (χ3n) is 3.96. The largest absolute Gasteiger partial charge is 0.493 e. The van der Waals surface area contributed by atoms with E-state index in [2.05, 4.69) is 10.6 Å². The van der Waals surface area contributed by atoms with Gasteiger partial charge in [-0.1, -0.05) is 18.2 Å². The van der Waals surface area contributed by atoms with Gasteiger partial charge in [0.1, 0.15) is 5.75 Å². The SMILES string of the molecule is CNC(=O)Cc1ccc(NC(=O)CCOc2ccc(C)c(C)c2)cc1. The summed E-state index contributed by atoms with van der Waals surface area (Å²) in [6.45, 7) is 4.40. The Morgan fingerprint density at radius 1 is 0.960 bits per heavy atom. The molecule has 2 rings (SSSR count). The number of carbonyl (C=O) groups is 2. The molecule has 2 aromatic rings. The molecule has 5 nitrogen and oxygen atoms in total. The Hall–Kier alpha value is -2.82. The summed E-state index contributed by atoms with van der Waals surface area (Å²) < 4.78 is 5.62. The Labute approximate surface area is 148 Å². The lowest BCUT2D eigenvalue weighted by atomic mass is 10.1. The summed E-state index contributed by atoms with van der Waals surface area (Å²) in [4.78, 5) is 23.3. The molecule has 5 heteroatoms. The average Bonchev–Trinajstić information content (AvgIpc) is 2.59. The lowest BCUT2D eigenvalue weighted by molar-refractivity contribution is -0.120. The van der Waals surface area contributed by atoms with E-state index in [1.54, 1.807) is 19.2 Å². The van der Waals surface area contributed by atoms with E-state index in [1.807, 2.05) is 44.2 Å². The average molecular weight is 340 g/mol. The normalized spacial score (nSPS) is 10.2. The monoisotopic (exact) mass is 340 g/mol. The first kappa shape index (κ1) is 18.5. The number of likely N-dealkylation sites (N-methyl/N-ethyl adjacent to an activating group) is 1. The van der Waals surface area contributed by atoms with Gasteiger partial charge in [0.2, 0.25) is 11.8 Å². The van der Waals surface area contributed by atoms with Crippen molar-refractivity contribution in [2.45, 2.75) is 26.7 Å². The van der Waals surface area contributed by atoms with E-state index in [9.17, 15) is 9.59 Å². The first-order valence-electron chi connectivity index (χ1n) is 8.27. The molecule has 0 unspecified atom stereocenters. The molecule has 0 aliphatic heterocycles. The lowest BCUT2D eigenvalue weighted by Gasteiger charge is -2.09. The van der Waals surface area contributed by atoms with E-state index in [-0.39, 0.29) is 18.2 Å². The standard InChI is InChI=1S/C20H24N2O3/c1-14-4-9-18(12-15(14)2)25-11-10-19(23)22-17-7-5-16(6-8-17)13-20(24)21-3/h4-9,12H,10-11,13H2,1-3H3,(H,21,24)(H,22,23). The molecule has 2 N–H and O–H groups in total. The van der Waals surface area contributed by atoms with Crippen molar-refractivity contribution in [1.29, 1.82) is 0 Å². The smallest absolute Gasteiger partial charge is 0.227 e. The van der Waals surface area contributed by atoms with E-state index in [0.29, 0.717) is 18.7 Å². The van der Waals surface area contributed by atoms with Crippen LogP contribution in [0.4, 0.5) is 5.69 Å². The van der Waals surface area contributed by atoms with E-state index >= 15 is 0 Å². The first-order chi connectivity index (χ1) is 12.0. The minimum Gasteiger partial charge on any atom is -0.493 e. The molecule has 2 amide bonds. The van der Waals surface area contributed by atoms with Gasteiger partial charge >= 0.3 is 0 Å². The van der Waals surface area contributed by atoms with Crippen molar-refractivity contribution < 1.29 is 14.3 Å². The van der Waals surface area contributed by atoms with Gasteiger partial charge in [0, 0.05) is 12.7 Å². The molecule has 0 saturated carbocycles. The molecule has 0 bridgehead atoms. The third-order valence-corrected chi connectivity index (χ3v) is 3.96. The maximum Gasteiger partial charge on any atom is 0.227 e. The highest BCUT2D eigenvalue weighted by atomic mass is 16.5. The van der Waals surface area contributed by atoms with Crippen LogP contribution in [0.15, 0.2) is 42.5 Å². The highest BCUT2D eigenvalue weighted by Crippen LogP contribution is 2.16. The summed E-state index contributed by atoms with van der Waals surface area (Å²) in [5.74, 6) is 0.623. The first-order valence-corrected chi connectivity index (χ1v) is 8.27. The molecule has 0 saturated heterocycles. The zero-order valence-electron chi connectivity index (χ0n) is 14.9. The second kappa shape index (κ2) is 8.87. The fourth-order valence-electron chi connectivity index (χ4n) is 2.27. The zero-order valence-corrected chi connectivity index (χ0v) is 14.9. The van der Waals surface area contributed by atoms with Gasteiger partial charge in [-0.25, -0.2) is 0 Å². The van der Waals surface area contributed by atoms with Gasteiger partial charge in [-0.2, -0.15) is 0 Å². The number of amides is 2. The van der Waals surface area contributed by atoms with Crippen molar-refractivity contribution in [2.75, 3.05) is 19.0 Å². The highest BCUT2D eigenvalue weighted by Gasteiger charge is 2.05. The quantitative estimate of drug-likeness (QED) is 0.814. The molecular formula is C20H24N2O3. The maximum atomic E-state index is 12.0. The van der Waals surface area contributed by atoms with E-state index in [4.69, 9.17) is 4.74 Å². The summed E-state index contributed by atoms with van der Waals surface area (Å²) >= 11 is 0. The molecule has 0 fully saturated rings. The van der Waals surface area contributed by atoms with E-state index in [0.717, 1.165) is 11.3 Å². The second-order valence-corrected chi connectivity index (χ2v) is 5.94. The Kier molecular flexibility index (Phi) is 6.57. The number of hydrogen-bond donors (Lipinski definition) is 2. The van der Waals surface area contributed by atoms with Crippen LogP contribution in [0.3, 0.4) is 0 Å². The van der Waals surface area contributed by atoms with Gasteiger partial charge in [0.05, 0.1) is 19.4 Å². The maximum absolute atomic E-state index is 12.0. The number of nitrogens with one attached hydrogen (secondary N) is 2. The van der Waals surface area contributed by atoms with Gasteiger partial charge in [-0.15, -0.1) is 0 Å². The molecular weight excluding hydrogens is 316 g/mol. The van der Waals surface area contributed by atoms with Crippen molar-refractivity contribution in [3.63, 3.8) is 0 Å². The summed E-state index contributed by atoms with van der Waals surface area (Å²) in [5.41, 5.74) is 3.98. The Bertz CT molecular complexity index is 739. The van der Waals surface area contributed by atoms with Gasteiger partial charge in [-0.05, 0) is 54.8 Å². The molecule has 0 heterocycles. The van der Waals surface area contributed by atoms with Crippen molar-refractivity contribution in [3.05, 3.63) is 59.2 Å². The lowest BCUT2D eigenvalue weighted by Crippen LogP contribution is -2.20. The highest BCUT2D eigenvalue weighted by molar-refractivity contribution is 5.90. The Balaban J connectivity index is 1.77. The van der Waals surface area contributed by atoms with Gasteiger partial charge < -0.3 is 15.4 Å². The van der Waals surface area contributed by atoms with Crippen LogP contribution in [-0.4, -0.2) is 25.5 Å². The summed E-state index contributed by atoms with van der Waals surface area (Å²) in [5, 5.41) is 5.40. The zero-order chi connectivity index (χ0) is 18.2.